The molecule has 0 aliphatic carbocycles. The van der Waals surface area contributed by atoms with E-state index in [0.717, 1.165) is 16.9 Å². The summed E-state index contributed by atoms with van der Waals surface area (Å²) in [4.78, 5) is 14.5. The van der Waals surface area contributed by atoms with E-state index < -0.39 is 10.0 Å². The van der Waals surface area contributed by atoms with Crippen LogP contribution in [0.15, 0.2) is 83.8 Å². The summed E-state index contributed by atoms with van der Waals surface area (Å²) in [6, 6.07) is 24.1. The minimum Gasteiger partial charge on any atom is -0.484 e. The molecule has 1 N–H and O–H groups in total. The van der Waals surface area contributed by atoms with Crippen LogP contribution in [0.3, 0.4) is 0 Å². The molecule has 7 nitrogen and oxygen atoms in total. The summed E-state index contributed by atoms with van der Waals surface area (Å²) in [6.07, 6.45) is 0. The van der Waals surface area contributed by atoms with Gasteiger partial charge >= 0.3 is 0 Å². The maximum absolute atomic E-state index is 12.8. The van der Waals surface area contributed by atoms with E-state index in [0.29, 0.717) is 18.8 Å². The molecule has 1 amide bonds. The Labute approximate surface area is 194 Å². The van der Waals surface area contributed by atoms with Crippen molar-refractivity contribution < 1.29 is 17.9 Å². The molecule has 3 aromatic rings. The average Bonchev–Trinajstić information content (AvgIpc) is 2.84. The molecule has 172 valence electrons. The number of piperazine rings is 1. The lowest BCUT2D eigenvalue weighted by Gasteiger charge is -2.34. The third-order valence-electron chi connectivity index (χ3n) is 5.53. The van der Waals surface area contributed by atoms with Crippen molar-refractivity contribution >= 4 is 27.3 Å². The maximum Gasteiger partial charge on any atom is 0.260 e. The van der Waals surface area contributed by atoms with Gasteiger partial charge in [-0.1, -0.05) is 35.9 Å². The predicted octanol–water partition coefficient (Wildman–Crippen LogP) is 3.65. The van der Waals surface area contributed by atoms with Gasteiger partial charge in [-0.15, -0.1) is 0 Å². The fraction of sp³-hybridized carbons (Fsp3) is 0.240. The number of hydrogen-bond donors (Lipinski definition) is 1. The molecule has 0 unspecified atom stereocenters. The number of carbonyl (C=O) groups is 1. The third kappa shape index (κ3) is 5.71. The highest BCUT2D eigenvalue weighted by Gasteiger charge is 2.30. The van der Waals surface area contributed by atoms with Gasteiger partial charge in [-0.2, -0.15) is 4.31 Å². The Kier molecular flexibility index (Phi) is 6.96. The van der Waals surface area contributed by atoms with Crippen LogP contribution in [0.5, 0.6) is 5.75 Å². The van der Waals surface area contributed by atoms with Crippen LogP contribution in [-0.2, 0) is 14.8 Å². The number of amides is 1. The van der Waals surface area contributed by atoms with E-state index in [2.05, 4.69) is 5.32 Å². The summed E-state index contributed by atoms with van der Waals surface area (Å²) in [5.74, 6) is 0.441. The molecule has 1 saturated heterocycles. The van der Waals surface area contributed by atoms with Gasteiger partial charge in [-0.05, 0) is 55.5 Å². The van der Waals surface area contributed by atoms with Crippen LogP contribution in [-0.4, -0.2) is 56.3 Å². The van der Waals surface area contributed by atoms with Crippen LogP contribution in [0.25, 0.3) is 0 Å². The lowest BCUT2D eigenvalue weighted by Crippen LogP contribution is -2.51. The fourth-order valence-electron chi connectivity index (χ4n) is 3.60. The van der Waals surface area contributed by atoms with Gasteiger partial charge in [-0.25, -0.2) is 8.42 Å². The highest BCUT2D eigenvalue weighted by atomic mass is 32.2. The standard InChI is InChI=1S/C25H27N3O4S/c1-20-7-13-24(14-8-20)33(30,31)28-17-15-27(16-18-28)25(29)19-32-23-11-9-22(10-12-23)26-21-5-3-2-4-6-21/h2-14,26H,15-19H2,1H3. The number of sulfonamides is 1. The molecule has 4 rings (SSSR count). The molecule has 1 aliphatic rings. The number of benzene rings is 3. The van der Waals surface area contributed by atoms with Gasteiger partial charge in [0, 0.05) is 37.6 Å². The lowest BCUT2D eigenvalue weighted by atomic mass is 10.2. The van der Waals surface area contributed by atoms with Crippen molar-refractivity contribution in [3.05, 3.63) is 84.4 Å². The number of aryl methyl sites for hydroxylation is 1. The minimum atomic E-state index is -3.55. The highest BCUT2D eigenvalue weighted by Crippen LogP contribution is 2.21. The normalized spacial score (nSPS) is 14.6. The number of ether oxygens (including phenoxy) is 1. The Bertz CT molecular complexity index is 1170. The first-order chi connectivity index (χ1) is 15.9. The Hall–Kier alpha value is -3.36. The zero-order chi connectivity index (χ0) is 23.3. The topological polar surface area (TPSA) is 79.0 Å². The van der Waals surface area contributed by atoms with Crippen LogP contribution >= 0.6 is 0 Å². The molecule has 1 heterocycles. The Morgan fingerprint density at radius 1 is 0.848 bits per heavy atom. The molecule has 33 heavy (non-hydrogen) atoms. The quantitative estimate of drug-likeness (QED) is 0.576. The largest absolute Gasteiger partial charge is 0.484 e. The monoisotopic (exact) mass is 465 g/mol. The van der Waals surface area contributed by atoms with Crippen LogP contribution in [0.4, 0.5) is 11.4 Å². The summed E-state index contributed by atoms with van der Waals surface area (Å²) in [7, 11) is -3.55. The molecule has 0 bridgehead atoms. The van der Waals surface area contributed by atoms with Gasteiger partial charge in [0.15, 0.2) is 6.61 Å². The van der Waals surface area contributed by atoms with Crippen molar-refractivity contribution in [1.82, 2.24) is 9.21 Å². The average molecular weight is 466 g/mol. The lowest BCUT2D eigenvalue weighted by molar-refractivity contribution is -0.134. The van der Waals surface area contributed by atoms with E-state index in [9.17, 15) is 13.2 Å². The van der Waals surface area contributed by atoms with E-state index in [-0.39, 0.29) is 30.5 Å². The summed E-state index contributed by atoms with van der Waals surface area (Å²) in [5, 5.41) is 3.29. The molecule has 0 saturated carbocycles. The van der Waals surface area contributed by atoms with E-state index in [1.165, 1.54) is 4.31 Å². The number of nitrogens with zero attached hydrogens (tertiary/aromatic N) is 2. The SMILES string of the molecule is Cc1ccc(S(=O)(=O)N2CCN(C(=O)COc3ccc(Nc4ccccc4)cc3)CC2)cc1. The van der Waals surface area contributed by atoms with Crippen molar-refractivity contribution in [2.45, 2.75) is 11.8 Å². The summed E-state index contributed by atoms with van der Waals surface area (Å²) < 4.78 is 32.7. The van der Waals surface area contributed by atoms with Crippen molar-refractivity contribution in [2.75, 3.05) is 38.1 Å². The van der Waals surface area contributed by atoms with E-state index in [1.807, 2.05) is 61.5 Å². The second kappa shape index (κ2) is 10.1. The van der Waals surface area contributed by atoms with Crippen LogP contribution in [0.1, 0.15) is 5.56 Å². The molecule has 0 atom stereocenters. The van der Waals surface area contributed by atoms with E-state index in [1.54, 1.807) is 29.2 Å². The fourth-order valence-corrected chi connectivity index (χ4v) is 5.02. The highest BCUT2D eigenvalue weighted by molar-refractivity contribution is 7.89. The van der Waals surface area contributed by atoms with Gasteiger partial charge in [0.25, 0.3) is 5.91 Å². The Morgan fingerprint density at radius 2 is 1.45 bits per heavy atom. The third-order valence-corrected chi connectivity index (χ3v) is 7.44. The van der Waals surface area contributed by atoms with Crippen LogP contribution < -0.4 is 10.1 Å². The number of carbonyl (C=O) groups excluding carboxylic acids is 1. The number of anilines is 2. The second-order valence-corrected chi connectivity index (χ2v) is 9.84. The van der Waals surface area contributed by atoms with Gasteiger partial charge in [0.1, 0.15) is 5.75 Å². The summed E-state index contributed by atoms with van der Waals surface area (Å²) >= 11 is 0. The van der Waals surface area contributed by atoms with Crippen molar-refractivity contribution in [2.24, 2.45) is 0 Å². The number of para-hydroxylation sites is 1. The van der Waals surface area contributed by atoms with Crippen molar-refractivity contribution in [3.8, 4) is 5.75 Å². The Morgan fingerprint density at radius 3 is 2.09 bits per heavy atom. The predicted molar refractivity (Wildman–Crippen MR) is 128 cm³/mol. The zero-order valence-electron chi connectivity index (χ0n) is 18.5. The minimum absolute atomic E-state index is 0.0871. The van der Waals surface area contributed by atoms with Gasteiger partial charge in [-0.3, -0.25) is 4.79 Å². The zero-order valence-corrected chi connectivity index (χ0v) is 19.3. The van der Waals surface area contributed by atoms with Crippen LogP contribution in [0.2, 0.25) is 0 Å². The summed E-state index contributed by atoms with van der Waals surface area (Å²) in [6.45, 7) is 3.04. The van der Waals surface area contributed by atoms with E-state index >= 15 is 0 Å². The van der Waals surface area contributed by atoms with Gasteiger partial charge in [0.05, 0.1) is 4.90 Å². The molecule has 0 radical (unpaired) electrons. The molecule has 0 aromatic heterocycles. The first kappa shape index (κ1) is 22.8. The van der Waals surface area contributed by atoms with Crippen molar-refractivity contribution in [1.29, 1.82) is 0 Å². The molecular formula is C25H27N3O4S. The smallest absolute Gasteiger partial charge is 0.260 e. The molecular weight excluding hydrogens is 438 g/mol. The van der Waals surface area contributed by atoms with E-state index in [4.69, 9.17) is 4.74 Å². The Balaban J connectivity index is 1.26. The van der Waals surface area contributed by atoms with Crippen molar-refractivity contribution in [3.63, 3.8) is 0 Å². The maximum atomic E-state index is 12.8. The van der Waals surface area contributed by atoms with Gasteiger partial charge < -0.3 is 15.0 Å². The van der Waals surface area contributed by atoms with Gasteiger partial charge in [0.2, 0.25) is 10.0 Å². The first-order valence-corrected chi connectivity index (χ1v) is 12.3. The molecule has 1 fully saturated rings. The first-order valence-electron chi connectivity index (χ1n) is 10.8. The molecule has 1 aliphatic heterocycles. The number of hydrogen-bond acceptors (Lipinski definition) is 5. The second-order valence-electron chi connectivity index (χ2n) is 7.90. The van der Waals surface area contributed by atoms with Crippen LogP contribution in [0, 0.1) is 6.92 Å². The summed E-state index contributed by atoms with van der Waals surface area (Å²) in [5.41, 5.74) is 2.92. The molecule has 8 heteroatoms. The molecule has 3 aromatic carbocycles. The number of rotatable bonds is 7. The molecule has 0 spiro atoms. The number of nitrogens with one attached hydrogen (secondary N) is 1.